The molecular formula is C12H6BrNO3. The predicted molar refractivity (Wildman–Crippen MR) is 65.7 cm³/mol. The number of fused-ring (bicyclic) bond motifs is 1. The van der Waals surface area contributed by atoms with Crippen LogP contribution in [0.5, 0.6) is 0 Å². The van der Waals surface area contributed by atoms with Gasteiger partial charge in [0.25, 0.3) is 0 Å². The van der Waals surface area contributed by atoms with Crippen molar-refractivity contribution in [3.63, 3.8) is 0 Å². The summed E-state index contributed by atoms with van der Waals surface area (Å²) in [5.74, 6) is 0.403. The molecule has 0 aliphatic rings. The average Bonchev–Trinajstić information content (AvgIpc) is 2.82. The van der Waals surface area contributed by atoms with E-state index in [2.05, 4.69) is 21.1 Å². The summed E-state index contributed by atoms with van der Waals surface area (Å²) in [5, 5.41) is 4.40. The fourth-order valence-corrected chi connectivity index (χ4v) is 2.00. The van der Waals surface area contributed by atoms with E-state index in [1.54, 1.807) is 18.2 Å². The van der Waals surface area contributed by atoms with Gasteiger partial charge in [-0.2, -0.15) is 0 Å². The van der Waals surface area contributed by atoms with Crippen LogP contribution in [-0.4, -0.2) is 5.16 Å². The van der Waals surface area contributed by atoms with Crippen molar-refractivity contribution < 1.29 is 8.94 Å². The van der Waals surface area contributed by atoms with Crippen molar-refractivity contribution in [2.45, 2.75) is 0 Å². The first-order valence-electron chi connectivity index (χ1n) is 4.88. The Morgan fingerprint density at radius 2 is 2.06 bits per heavy atom. The maximum atomic E-state index is 11.8. The molecule has 0 saturated heterocycles. The second-order valence-electron chi connectivity index (χ2n) is 3.51. The molecule has 0 aliphatic carbocycles. The van der Waals surface area contributed by atoms with Crippen molar-refractivity contribution in [3.05, 3.63) is 51.4 Å². The minimum absolute atomic E-state index is 0.369. The highest BCUT2D eigenvalue weighted by molar-refractivity contribution is 9.10. The topological polar surface area (TPSA) is 56.2 Å². The van der Waals surface area contributed by atoms with Gasteiger partial charge in [0.2, 0.25) is 0 Å². The molecule has 0 spiro atoms. The Bertz CT molecular complexity index is 731. The van der Waals surface area contributed by atoms with E-state index >= 15 is 0 Å². The van der Waals surface area contributed by atoms with E-state index in [1.165, 1.54) is 6.20 Å². The summed E-state index contributed by atoms with van der Waals surface area (Å²) in [4.78, 5) is 11.8. The second kappa shape index (κ2) is 3.85. The lowest BCUT2D eigenvalue weighted by molar-refractivity contribution is 0.429. The van der Waals surface area contributed by atoms with Crippen molar-refractivity contribution in [2.24, 2.45) is 0 Å². The quantitative estimate of drug-likeness (QED) is 0.646. The van der Waals surface area contributed by atoms with Gasteiger partial charge in [-0.1, -0.05) is 21.1 Å². The number of nitrogens with zero attached hydrogens (tertiary/aromatic N) is 1. The van der Waals surface area contributed by atoms with Gasteiger partial charge in [0.05, 0.1) is 6.20 Å². The second-order valence-corrected chi connectivity index (χ2v) is 4.42. The fourth-order valence-electron chi connectivity index (χ4n) is 1.62. The van der Waals surface area contributed by atoms with Crippen LogP contribution >= 0.6 is 15.9 Å². The molecule has 17 heavy (non-hydrogen) atoms. The molecular weight excluding hydrogens is 286 g/mol. The van der Waals surface area contributed by atoms with E-state index in [4.69, 9.17) is 8.94 Å². The minimum atomic E-state index is -0.434. The fraction of sp³-hybridized carbons (Fsp3) is 0. The molecule has 0 N–H and O–H groups in total. The Labute approximate surface area is 104 Å². The molecule has 0 atom stereocenters. The normalized spacial score (nSPS) is 10.9. The first-order valence-corrected chi connectivity index (χ1v) is 5.68. The van der Waals surface area contributed by atoms with Crippen LogP contribution in [0.1, 0.15) is 0 Å². The Morgan fingerprint density at radius 3 is 2.82 bits per heavy atom. The van der Waals surface area contributed by atoms with Gasteiger partial charge in [0.15, 0.2) is 5.76 Å². The summed E-state index contributed by atoms with van der Waals surface area (Å²) in [6.07, 6.45) is 1.49. The Morgan fingerprint density at radius 1 is 1.18 bits per heavy atom. The lowest BCUT2D eigenvalue weighted by Gasteiger charge is -1.99. The highest BCUT2D eigenvalue weighted by atomic mass is 79.9. The summed E-state index contributed by atoms with van der Waals surface area (Å²) in [6.45, 7) is 0. The third kappa shape index (κ3) is 1.78. The van der Waals surface area contributed by atoms with Crippen LogP contribution in [0.2, 0.25) is 0 Å². The number of rotatable bonds is 1. The molecule has 1 aromatic carbocycles. The van der Waals surface area contributed by atoms with Crippen LogP contribution in [0.4, 0.5) is 0 Å². The number of aromatic nitrogens is 1. The Balaban J connectivity index is 2.33. The van der Waals surface area contributed by atoms with Crippen molar-refractivity contribution >= 4 is 26.9 Å². The summed E-state index contributed by atoms with van der Waals surface area (Å²) in [6, 6.07) is 8.78. The number of halogens is 1. The van der Waals surface area contributed by atoms with E-state index in [1.807, 2.05) is 12.1 Å². The van der Waals surface area contributed by atoms with Gasteiger partial charge in [-0.3, -0.25) is 0 Å². The molecule has 0 bridgehead atoms. The van der Waals surface area contributed by atoms with Crippen LogP contribution in [0, 0.1) is 0 Å². The van der Waals surface area contributed by atoms with E-state index < -0.39 is 5.63 Å². The molecule has 2 aromatic heterocycles. The van der Waals surface area contributed by atoms with Crippen molar-refractivity contribution in [1.82, 2.24) is 5.16 Å². The number of hydrogen-bond donors (Lipinski definition) is 0. The third-order valence-electron chi connectivity index (χ3n) is 2.40. The molecule has 0 fully saturated rings. The first kappa shape index (κ1) is 10.3. The summed E-state index contributed by atoms with van der Waals surface area (Å²) in [5.41, 5.74) is 0.478. The molecule has 4 nitrogen and oxygen atoms in total. The molecule has 0 saturated carbocycles. The van der Waals surface area contributed by atoms with Gasteiger partial charge in [0, 0.05) is 15.9 Å². The smallest absolute Gasteiger partial charge is 0.347 e. The summed E-state index contributed by atoms with van der Waals surface area (Å²) >= 11 is 3.37. The SMILES string of the molecule is O=c1oc2ccc(Br)cc2cc1-c1ccno1. The predicted octanol–water partition coefficient (Wildman–Crippen LogP) is 3.21. The molecule has 3 aromatic rings. The molecule has 3 rings (SSSR count). The van der Waals surface area contributed by atoms with Gasteiger partial charge in [-0.05, 0) is 24.3 Å². The summed E-state index contributed by atoms with van der Waals surface area (Å²) in [7, 11) is 0. The van der Waals surface area contributed by atoms with Gasteiger partial charge in [-0.15, -0.1) is 0 Å². The monoisotopic (exact) mass is 291 g/mol. The van der Waals surface area contributed by atoms with Crippen molar-refractivity contribution in [2.75, 3.05) is 0 Å². The molecule has 2 heterocycles. The molecule has 84 valence electrons. The largest absolute Gasteiger partial charge is 0.422 e. The van der Waals surface area contributed by atoms with Crippen molar-refractivity contribution in [1.29, 1.82) is 0 Å². The lowest BCUT2D eigenvalue weighted by Crippen LogP contribution is -2.01. The third-order valence-corrected chi connectivity index (χ3v) is 2.89. The van der Waals surface area contributed by atoms with Gasteiger partial charge in [-0.25, -0.2) is 4.79 Å². The first-order chi connectivity index (χ1) is 8.24. The Hall–Kier alpha value is -1.88. The molecule has 5 heteroatoms. The van der Waals surface area contributed by atoms with Crippen LogP contribution in [0.15, 0.2) is 54.7 Å². The number of benzene rings is 1. The van der Waals surface area contributed by atoms with E-state index in [-0.39, 0.29) is 0 Å². The van der Waals surface area contributed by atoms with Crippen LogP contribution < -0.4 is 5.63 Å². The van der Waals surface area contributed by atoms with Crippen LogP contribution in [-0.2, 0) is 0 Å². The van der Waals surface area contributed by atoms with Crippen LogP contribution in [0.3, 0.4) is 0 Å². The standard InChI is InChI=1S/C12H6BrNO3/c13-8-1-2-10-7(5-8)6-9(12(15)16-10)11-3-4-14-17-11/h1-6H. The van der Waals surface area contributed by atoms with Crippen LogP contribution in [0.25, 0.3) is 22.3 Å². The maximum Gasteiger partial charge on any atom is 0.347 e. The van der Waals surface area contributed by atoms with Gasteiger partial charge in [0.1, 0.15) is 11.1 Å². The van der Waals surface area contributed by atoms with E-state index in [9.17, 15) is 4.79 Å². The zero-order chi connectivity index (χ0) is 11.8. The van der Waals surface area contributed by atoms with E-state index in [0.29, 0.717) is 16.9 Å². The number of hydrogen-bond acceptors (Lipinski definition) is 4. The molecule has 0 radical (unpaired) electrons. The van der Waals surface area contributed by atoms with Gasteiger partial charge >= 0.3 is 5.63 Å². The van der Waals surface area contributed by atoms with E-state index in [0.717, 1.165) is 9.86 Å². The molecule has 0 aliphatic heterocycles. The molecule has 0 unspecified atom stereocenters. The highest BCUT2D eigenvalue weighted by Crippen LogP contribution is 2.23. The lowest BCUT2D eigenvalue weighted by atomic mass is 10.1. The zero-order valence-corrected chi connectivity index (χ0v) is 10.1. The van der Waals surface area contributed by atoms with Gasteiger partial charge < -0.3 is 8.94 Å². The highest BCUT2D eigenvalue weighted by Gasteiger charge is 2.10. The maximum absolute atomic E-state index is 11.8. The summed E-state index contributed by atoms with van der Waals surface area (Å²) < 4.78 is 11.1. The average molecular weight is 292 g/mol. The van der Waals surface area contributed by atoms with Crippen molar-refractivity contribution in [3.8, 4) is 11.3 Å². The molecule has 0 amide bonds. The Kier molecular flexibility index (Phi) is 2.33. The zero-order valence-electron chi connectivity index (χ0n) is 8.51. The minimum Gasteiger partial charge on any atom is -0.422 e.